The molecule has 142 valence electrons. The van der Waals surface area contributed by atoms with Crippen LogP contribution < -0.4 is 10.6 Å². The van der Waals surface area contributed by atoms with E-state index in [1.54, 1.807) is 6.92 Å². The molecule has 1 aliphatic carbocycles. The van der Waals surface area contributed by atoms with Crippen molar-refractivity contribution in [3.63, 3.8) is 0 Å². The van der Waals surface area contributed by atoms with E-state index in [1.165, 1.54) is 0 Å². The number of hydrogen-bond acceptors (Lipinski definition) is 4. The molecule has 1 aromatic rings. The van der Waals surface area contributed by atoms with Gasteiger partial charge in [0.15, 0.2) is 9.84 Å². The van der Waals surface area contributed by atoms with Crippen molar-refractivity contribution in [3.8, 4) is 0 Å². The van der Waals surface area contributed by atoms with Crippen molar-refractivity contribution in [2.24, 2.45) is 11.8 Å². The molecule has 1 heterocycles. The standard InChI is InChI=1S/C18H23BrN2O4S/c1-11(17(22)20-9-12-6-7-26(24,25)10-12)21-18(23)16-8-15(16)13-2-4-14(19)5-3-13/h2-5,11-12,15-16H,6-10H2,1H3,(H,20,22)(H,21,23). The molecule has 1 aromatic carbocycles. The molecule has 2 amide bonds. The first-order chi connectivity index (χ1) is 12.2. The van der Waals surface area contributed by atoms with Gasteiger partial charge in [0, 0.05) is 16.9 Å². The van der Waals surface area contributed by atoms with Crippen LogP contribution in [0.4, 0.5) is 0 Å². The van der Waals surface area contributed by atoms with Crippen molar-refractivity contribution >= 4 is 37.6 Å². The Bertz CT molecular complexity index is 794. The highest BCUT2D eigenvalue weighted by Crippen LogP contribution is 2.47. The quantitative estimate of drug-likeness (QED) is 0.699. The van der Waals surface area contributed by atoms with Crippen molar-refractivity contribution < 1.29 is 18.0 Å². The minimum absolute atomic E-state index is 0.0305. The number of sulfone groups is 1. The highest BCUT2D eigenvalue weighted by molar-refractivity contribution is 9.10. The summed E-state index contributed by atoms with van der Waals surface area (Å²) in [5.41, 5.74) is 1.13. The lowest BCUT2D eigenvalue weighted by molar-refractivity contribution is -0.129. The Kier molecular flexibility index (Phi) is 5.72. The fourth-order valence-electron chi connectivity index (χ4n) is 3.38. The number of carbonyl (C=O) groups excluding carboxylic acids is 2. The molecule has 3 rings (SSSR count). The van der Waals surface area contributed by atoms with E-state index in [9.17, 15) is 18.0 Å². The Morgan fingerprint density at radius 3 is 2.58 bits per heavy atom. The summed E-state index contributed by atoms with van der Waals surface area (Å²) in [5, 5.41) is 5.52. The molecule has 2 aliphatic rings. The predicted molar refractivity (Wildman–Crippen MR) is 102 cm³/mol. The van der Waals surface area contributed by atoms with Crippen LogP contribution in [0.2, 0.25) is 0 Å². The van der Waals surface area contributed by atoms with Gasteiger partial charge in [-0.1, -0.05) is 28.1 Å². The first-order valence-corrected chi connectivity index (χ1v) is 11.4. The molecule has 0 radical (unpaired) electrons. The van der Waals surface area contributed by atoms with E-state index in [4.69, 9.17) is 0 Å². The minimum Gasteiger partial charge on any atom is -0.354 e. The molecule has 1 saturated carbocycles. The lowest BCUT2D eigenvalue weighted by atomic mass is 10.1. The predicted octanol–water partition coefficient (Wildman–Crippen LogP) is 1.61. The monoisotopic (exact) mass is 442 g/mol. The summed E-state index contributed by atoms with van der Waals surface area (Å²) in [6.07, 6.45) is 1.38. The van der Waals surface area contributed by atoms with Gasteiger partial charge in [-0.2, -0.15) is 0 Å². The maximum atomic E-state index is 12.3. The Hall–Kier alpha value is -1.41. The van der Waals surface area contributed by atoms with Crippen LogP contribution in [0.25, 0.3) is 0 Å². The molecule has 2 fully saturated rings. The van der Waals surface area contributed by atoms with Gasteiger partial charge in [0.25, 0.3) is 0 Å². The van der Waals surface area contributed by atoms with Crippen molar-refractivity contribution in [2.75, 3.05) is 18.1 Å². The number of rotatable bonds is 6. The number of amides is 2. The molecule has 2 N–H and O–H groups in total. The second kappa shape index (κ2) is 7.68. The zero-order chi connectivity index (χ0) is 18.9. The fourth-order valence-corrected chi connectivity index (χ4v) is 5.51. The van der Waals surface area contributed by atoms with Gasteiger partial charge in [-0.3, -0.25) is 9.59 Å². The van der Waals surface area contributed by atoms with Gasteiger partial charge in [0.05, 0.1) is 11.5 Å². The van der Waals surface area contributed by atoms with Crippen LogP contribution in [0.1, 0.15) is 31.2 Å². The minimum atomic E-state index is -2.94. The van der Waals surface area contributed by atoms with Crippen LogP contribution in [-0.4, -0.2) is 44.3 Å². The lowest BCUT2D eigenvalue weighted by Gasteiger charge is -2.16. The molecule has 0 bridgehead atoms. The molecule has 0 spiro atoms. The third-order valence-electron chi connectivity index (χ3n) is 5.07. The summed E-state index contributed by atoms with van der Waals surface area (Å²) in [7, 11) is -2.94. The summed E-state index contributed by atoms with van der Waals surface area (Å²) in [5.74, 6) is 0.0298. The number of nitrogens with one attached hydrogen (secondary N) is 2. The molecule has 1 aliphatic heterocycles. The summed E-state index contributed by atoms with van der Waals surface area (Å²) in [6, 6.07) is 7.30. The summed E-state index contributed by atoms with van der Waals surface area (Å²) >= 11 is 3.40. The summed E-state index contributed by atoms with van der Waals surface area (Å²) in [6.45, 7) is 1.98. The second-order valence-corrected chi connectivity index (χ2v) is 10.4. The van der Waals surface area contributed by atoms with Crippen molar-refractivity contribution in [2.45, 2.75) is 31.7 Å². The van der Waals surface area contributed by atoms with Crippen molar-refractivity contribution in [1.82, 2.24) is 10.6 Å². The van der Waals surface area contributed by atoms with Crippen molar-refractivity contribution in [1.29, 1.82) is 0 Å². The van der Waals surface area contributed by atoms with Gasteiger partial charge >= 0.3 is 0 Å². The Balaban J connectivity index is 1.43. The molecule has 4 unspecified atom stereocenters. The number of halogens is 1. The normalized spacial score (nSPS) is 27.5. The zero-order valence-corrected chi connectivity index (χ0v) is 17.0. The average molecular weight is 443 g/mol. The van der Waals surface area contributed by atoms with Crippen molar-refractivity contribution in [3.05, 3.63) is 34.3 Å². The Morgan fingerprint density at radius 1 is 1.27 bits per heavy atom. The Labute approximate surface area is 162 Å². The van der Waals surface area contributed by atoms with Crippen LogP contribution in [0.15, 0.2) is 28.7 Å². The van der Waals surface area contributed by atoms with E-state index < -0.39 is 15.9 Å². The molecule has 8 heteroatoms. The van der Waals surface area contributed by atoms with E-state index in [2.05, 4.69) is 26.6 Å². The molecule has 6 nitrogen and oxygen atoms in total. The van der Waals surface area contributed by atoms with Gasteiger partial charge in [-0.15, -0.1) is 0 Å². The zero-order valence-electron chi connectivity index (χ0n) is 14.6. The first-order valence-electron chi connectivity index (χ1n) is 8.79. The van der Waals surface area contributed by atoms with Crippen LogP contribution >= 0.6 is 15.9 Å². The van der Waals surface area contributed by atoms with E-state index in [0.29, 0.717) is 13.0 Å². The van der Waals surface area contributed by atoms with Gasteiger partial charge < -0.3 is 10.6 Å². The van der Waals surface area contributed by atoms with Gasteiger partial charge in [-0.05, 0) is 49.3 Å². The maximum Gasteiger partial charge on any atom is 0.242 e. The van der Waals surface area contributed by atoms with Gasteiger partial charge in [-0.25, -0.2) is 8.42 Å². The highest BCUT2D eigenvalue weighted by Gasteiger charge is 2.44. The number of hydrogen-bond donors (Lipinski definition) is 2. The molecular weight excluding hydrogens is 420 g/mol. The van der Waals surface area contributed by atoms with Crippen LogP contribution in [0.3, 0.4) is 0 Å². The second-order valence-electron chi connectivity index (χ2n) is 7.24. The van der Waals surface area contributed by atoms with Gasteiger partial charge in [0.1, 0.15) is 6.04 Å². The third-order valence-corrected chi connectivity index (χ3v) is 7.43. The highest BCUT2D eigenvalue weighted by atomic mass is 79.9. The number of benzene rings is 1. The summed E-state index contributed by atoms with van der Waals surface area (Å²) in [4.78, 5) is 24.5. The van der Waals surface area contributed by atoms with E-state index in [-0.39, 0.29) is 41.1 Å². The van der Waals surface area contributed by atoms with Crippen LogP contribution in [0.5, 0.6) is 0 Å². The van der Waals surface area contributed by atoms with E-state index >= 15 is 0 Å². The molecule has 1 saturated heterocycles. The average Bonchev–Trinajstić information content (AvgIpc) is 3.31. The SMILES string of the molecule is CC(NC(=O)C1CC1c1ccc(Br)cc1)C(=O)NCC1CCS(=O)(=O)C1. The van der Waals surface area contributed by atoms with E-state index in [0.717, 1.165) is 16.5 Å². The Morgan fingerprint density at radius 2 is 1.96 bits per heavy atom. The maximum absolute atomic E-state index is 12.3. The van der Waals surface area contributed by atoms with Crippen LogP contribution in [-0.2, 0) is 19.4 Å². The van der Waals surface area contributed by atoms with E-state index in [1.807, 2.05) is 24.3 Å². The summed E-state index contributed by atoms with van der Waals surface area (Å²) < 4.78 is 23.9. The number of carbonyl (C=O) groups is 2. The topological polar surface area (TPSA) is 92.3 Å². The fraction of sp³-hybridized carbons (Fsp3) is 0.556. The van der Waals surface area contributed by atoms with Gasteiger partial charge in [0.2, 0.25) is 11.8 Å². The molecule has 4 atom stereocenters. The molecule has 0 aromatic heterocycles. The molecule has 26 heavy (non-hydrogen) atoms. The molecular formula is C18H23BrN2O4S. The largest absolute Gasteiger partial charge is 0.354 e. The first kappa shape index (κ1) is 19.4. The third kappa shape index (κ3) is 4.85. The lowest BCUT2D eigenvalue weighted by Crippen LogP contribution is -2.46. The smallest absolute Gasteiger partial charge is 0.242 e. The van der Waals surface area contributed by atoms with Crippen LogP contribution in [0, 0.1) is 11.8 Å².